The molecule has 0 aliphatic carbocycles. The number of ether oxygens (including phenoxy) is 1. The number of nitrogens with one attached hydrogen (secondary N) is 1. The van der Waals surface area contributed by atoms with Gasteiger partial charge in [-0.1, -0.05) is 0 Å². The SMILES string of the molecule is Fc1ccc2nc(OCC3CCNCC3)oc2c1. The van der Waals surface area contributed by atoms with Gasteiger partial charge in [0.05, 0.1) is 6.61 Å². The highest BCUT2D eigenvalue weighted by molar-refractivity contribution is 5.72. The lowest BCUT2D eigenvalue weighted by atomic mass is 9.99. The molecule has 4 nitrogen and oxygen atoms in total. The van der Waals surface area contributed by atoms with Gasteiger partial charge in [-0.05, 0) is 44.0 Å². The van der Waals surface area contributed by atoms with Crippen molar-refractivity contribution in [3.8, 4) is 6.08 Å². The van der Waals surface area contributed by atoms with E-state index in [9.17, 15) is 4.39 Å². The van der Waals surface area contributed by atoms with Crippen molar-refractivity contribution in [2.75, 3.05) is 19.7 Å². The Bertz CT molecular complexity index is 535. The second-order valence-corrected chi connectivity index (χ2v) is 4.60. The minimum Gasteiger partial charge on any atom is -0.450 e. The quantitative estimate of drug-likeness (QED) is 0.908. The molecular formula is C13H15FN2O2. The number of fused-ring (bicyclic) bond motifs is 1. The van der Waals surface area contributed by atoms with Crippen LogP contribution in [0.2, 0.25) is 0 Å². The van der Waals surface area contributed by atoms with E-state index in [1.165, 1.54) is 12.1 Å². The van der Waals surface area contributed by atoms with E-state index in [1.54, 1.807) is 6.07 Å². The number of nitrogens with zero attached hydrogens (tertiary/aromatic N) is 1. The van der Waals surface area contributed by atoms with E-state index in [-0.39, 0.29) is 11.9 Å². The van der Waals surface area contributed by atoms with Crippen LogP contribution < -0.4 is 10.1 Å². The molecule has 18 heavy (non-hydrogen) atoms. The molecule has 1 saturated heterocycles. The molecule has 96 valence electrons. The van der Waals surface area contributed by atoms with Gasteiger partial charge in [0.2, 0.25) is 0 Å². The Hall–Kier alpha value is -1.62. The lowest BCUT2D eigenvalue weighted by Crippen LogP contribution is -2.30. The summed E-state index contributed by atoms with van der Waals surface area (Å²) in [4.78, 5) is 4.17. The van der Waals surface area contributed by atoms with Crippen molar-refractivity contribution in [2.45, 2.75) is 12.8 Å². The van der Waals surface area contributed by atoms with Crippen molar-refractivity contribution >= 4 is 11.1 Å². The fraction of sp³-hybridized carbons (Fsp3) is 0.462. The third-order valence-electron chi connectivity index (χ3n) is 3.23. The number of hydrogen-bond donors (Lipinski definition) is 1. The molecular weight excluding hydrogens is 235 g/mol. The van der Waals surface area contributed by atoms with Crippen LogP contribution in [0, 0.1) is 11.7 Å². The monoisotopic (exact) mass is 250 g/mol. The largest absolute Gasteiger partial charge is 0.450 e. The Morgan fingerprint density at radius 2 is 2.22 bits per heavy atom. The Morgan fingerprint density at radius 1 is 1.39 bits per heavy atom. The van der Waals surface area contributed by atoms with E-state index >= 15 is 0 Å². The van der Waals surface area contributed by atoms with Gasteiger partial charge in [-0.3, -0.25) is 0 Å². The van der Waals surface area contributed by atoms with Crippen LogP contribution in [-0.2, 0) is 0 Å². The number of hydrogen-bond acceptors (Lipinski definition) is 4. The predicted octanol–water partition coefficient (Wildman–Crippen LogP) is 2.35. The van der Waals surface area contributed by atoms with E-state index in [0.717, 1.165) is 25.9 Å². The summed E-state index contributed by atoms with van der Waals surface area (Å²) in [6, 6.07) is 4.27. The van der Waals surface area contributed by atoms with Crippen LogP contribution in [0.5, 0.6) is 6.08 Å². The minimum atomic E-state index is -0.330. The van der Waals surface area contributed by atoms with Gasteiger partial charge in [0.25, 0.3) is 0 Å². The number of halogens is 1. The zero-order valence-electron chi connectivity index (χ0n) is 9.99. The Labute approximate surface area is 104 Å². The molecule has 3 rings (SSSR count). The van der Waals surface area contributed by atoms with Crippen molar-refractivity contribution < 1.29 is 13.5 Å². The van der Waals surface area contributed by atoms with E-state index in [2.05, 4.69) is 10.3 Å². The topological polar surface area (TPSA) is 47.3 Å². The van der Waals surface area contributed by atoms with Gasteiger partial charge in [-0.25, -0.2) is 4.39 Å². The summed E-state index contributed by atoms with van der Waals surface area (Å²) in [5.74, 6) is 0.210. The fourth-order valence-electron chi connectivity index (χ4n) is 2.18. The highest BCUT2D eigenvalue weighted by Crippen LogP contribution is 2.22. The second kappa shape index (κ2) is 4.94. The lowest BCUT2D eigenvalue weighted by molar-refractivity contribution is 0.172. The average Bonchev–Trinajstić information content (AvgIpc) is 2.79. The van der Waals surface area contributed by atoms with E-state index in [4.69, 9.17) is 9.15 Å². The van der Waals surface area contributed by atoms with Crippen molar-refractivity contribution in [1.82, 2.24) is 10.3 Å². The van der Waals surface area contributed by atoms with Crippen molar-refractivity contribution in [3.63, 3.8) is 0 Å². The first kappa shape index (κ1) is 11.5. The van der Waals surface area contributed by atoms with Gasteiger partial charge in [0.15, 0.2) is 5.58 Å². The molecule has 0 amide bonds. The number of oxazole rings is 1. The van der Waals surface area contributed by atoms with Crippen LogP contribution in [-0.4, -0.2) is 24.7 Å². The maximum Gasteiger partial charge on any atom is 0.394 e. The third kappa shape index (κ3) is 2.46. The zero-order chi connectivity index (χ0) is 12.4. The molecule has 0 unspecified atom stereocenters. The fourth-order valence-corrected chi connectivity index (χ4v) is 2.18. The van der Waals surface area contributed by atoms with Crippen molar-refractivity contribution in [3.05, 3.63) is 24.0 Å². The first-order valence-electron chi connectivity index (χ1n) is 6.21. The van der Waals surface area contributed by atoms with E-state index < -0.39 is 0 Å². The minimum absolute atomic E-state index is 0.231. The maximum absolute atomic E-state index is 13.0. The normalized spacial score (nSPS) is 17.2. The standard InChI is InChI=1S/C13H15FN2O2/c14-10-1-2-11-12(7-10)18-13(16-11)17-8-9-3-5-15-6-4-9/h1-2,7,9,15H,3-6,8H2. The molecule has 2 aromatic rings. The molecule has 0 radical (unpaired) electrons. The summed E-state index contributed by atoms with van der Waals surface area (Å²) in [5.41, 5.74) is 1.05. The first-order chi connectivity index (χ1) is 8.81. The molecule has 0 saturated carbocycles. The molecule has 1 aliphatic rings. The second-order valence-electron chi connectivity index (χ2n) is 4.60. The zero-order valence-corrected chi connectivity index (χ0v) is 9.99. The van der Waals surface area contributed by atoms with Crippen molar-refractivity contribution in [2.24, 2.45) is 5.92 Å². The molecule has 0 bridgehead atoms. The Kier molecular flexibility index (Phi) is 3.15. The Morgan fingerprint density at radius 3 is 3.06 bits per heavy atom. The Balaban J connectivity index is 1.67. The summed E-state index contributed by atoms with van der Waals surface area (Å²) in [7, 11) is 0. The number of rotatable bonds is 3. The average molecular weight is 250 g/mol. The number of aromatic nitrogens is 1. The summed E-state index contributed by atoms with van der Waals surface area (Å²) >= 11 is 0. The first-order valence-corrected chi connectivity index (χ1v) is 6.21. The van der Waals surface area contributed by atoms with E-state index in [1.807, 2.05) is 0 Å². The molecule has 0 spiro atoms. The van der Waals surface area contributed by atoms with Crippen LogP contribution in [0.3, 0.4) is 0 Å². The van der Waals surface area contributed by atoms with Gasteiger partial charge in [0.1, 0.15) is 11.3 Å². The van der Waals surface area contributed by atoms with Crippen LogP contribution in [0.15, 0.2) is 22.6 Å². The summed E-state index contributed by atoms with van der Waals surface area (Å²) < 4.78 is 23.9. The lowest BCUT2D eigenvalue weighted by Gasteiger charge is -2.21. The van der Waals surface area contributed by atoms with Gasteiger partial charge in [-0.2, -0.15) is 4.98 Å². The molecule has 1 N–H and O–H groups in total. The van der Waals surface area contributed by atoms with Gasteiger partial charge in [0, 0.05) is 6.07 Å². The molecule has 2 heterocycles. The van der Waals surface area contributed by atoms with Gasteiger partial charge < -0.3 is 14.5 Å². The van der Waals surface area contributed by atoms with Gasteiger partial charge in [-0.15, -0.1) is 0 Å². The smallest absolute Gasteiger partial charge is 0.394 e. The molecule has 1 fully saturated rings. The summed E-state index contributed by atoms with van der Waals surface area (Å²) in [6.07, 6.45) is 2.44. The van der Waals surface area contributed by atoms with Crippen LogP contribution in [0.25, 0.3) is 11.1 Å². The molecule has 0 atom stereocenters. The molecule has 5 heteroatoms. The predicted molar refractivity (Wildman–Crippen MR) is 65.1 cm³/mol. The highest BCUT2D eigenvalue weighted by Gasteiger charge is 2.15. The van der Waals surface area contributed by atoms with Crippen LogP contribution in [0.1, 0.15) is 12.8 Å². The van der Waals surface area contributed by atoms with Crippen LogP contribution in [0.4, 0.5) is 4.39 Å². The molecule has 1 aromatic carbocycles. The van der Waals surface area contributed by atoms with Crippen LogP contribution >= 0.6 is 0 Å². The molecule has 1 aromatic heterocycles. The van der Waals surface area contributed by atoms with Gasteiger partial charge >= 0.3 is 6.08 Å². The third-order valence-corrected chi connectivity index (χ3v) is 3.23. The summed E-state index contributed by atoms with van der Waals surface area (Å²) in [6.45, 7) is 2.68. The van der Waals surface area contributed by atoms with E-state index in [0.29, 0.717) is 23.6 Å². The summed E-state index contributed by atoms with van der Waals surface area (Å²) in [5, 5.41) is 3.30. The highest BCUT2D eigenvalue weighted by atomic mass is 19.1. The van der Waals surface area contributed by atoms with Crippen molar-refractivity contribution in [1.29, 1.82) is 0 Å². The molecule has 1 aliphatic heterocycles. The number of piperidine rings is 1. The number of benzene rings is 1. The maximum atomic E-state index is 13.0.